The van der Waals surface area contributed by atoms with Crippen LogP contribution in [0.4, 0.5) is 0 Å². The van der Waals surface area contributed by atoms with Crippen LogP contribution in [0, 0.1) is 5.92 Å². The quantitative estimate of drug-likeness (QED) is 0.559. The van der Waals surface area contributed by atoms with Gasteiger partial charge in [-0.05, 0) is 46.8 Å². The predicted octanol–water partition coefficient (Wildman–Crippen LogP) is 4.10. The van der Waals surface area contributed by atoms with Crippen molar-refractivity contribution in [3.63, 3.8) is 0 Å². The summed E-state index contributed by atoms with van der Waals surface area (Å²) in [5.74, 6) is 6.40. The summed E-state index contributed by atoms with van der Waals surface area (Å²) in [4.78, 5) is 1.40. The molecule has 0 saturated heterocycles. The van der Waals surface area contributed by atoms with Gasteiger partial charge in [0.15, 0.2) is 0 Å². The highest BCUT2D eigenvalue weighted by Gasteiger charge is 2.19. The summed E-state index contributed by atoms with van der Waals surface area (Å²) in [7, 11) is 0. The monoisotopic (exact) mass is 318 g/mol. The van der Waals surface area contributed by atoms with E-state index in [2.05, 4.69) is 47.3 Å². The Labute approximate surface area is 117 Å². The van der Waals surface area contributed by atoms with Gasteiger partial charge in [0.2, 0.25) is 0 Å². The number of hydrazine groups is 1. The van der Waals surface area contributed by atoms with Gasteiger partial charge in [0.25, 0.3) is 0 Å². The maximum absolute atomic E-state index is 5.72. The molecule has 4 heteroatoms. The lowest BCUT2D eigenvalue weighted by atomic mass is 9.89. The van der Waals surface area contributed by atoms with E-state index in [1.807, 2.05) is 0 Å². The highest BCUT2D eigenvalue weighted by atomic mass is 79.9. The Morgan fingerprint density at radius 2 is 2.18 bits per heavy atom. The van der Waals surface area contributed by atoms with Gasteiger partial charge >= 0.3 is 0 Å². The number of thiophene rings is 1. The lowest BCUT2D eigenvalue weighted by molar-refractivity contribution is 0.319. The van der Waals surface area contributed by atoms with Crippen molar-refractivity contribution in [2.45, 2.75) is 52.0 Å². The Morgan fingerprint density at radius 3 is 2.65 bits per heavy atom. The van der Waals surface area contributed by atoms with Crippen LogP contribution in [-0.4, -0.2) is 6.04 Å². The molecular weight excluding hydrogens is 296 g/mol. The second kappa shape index (κ2) is 8.25. The standard InChI is InChI=1S/C13H23BrN2S/c1-3-5-6-10(4-2)12(16-15)9-11-7-8-13(14)17-11/h7-8,10,12,16H,3-6,9,15H2,1-2H3. The second-order valence-corrected chi connectivity index (χ2v) is 7.04. The van der Waals surface area contributed by atoms with Gasteiger partial charge in [-0.1, -0.05) is 33.1 Å². The second-order valence-electron chi connectivity index (χ2n) is 4.49. The zero-order valence-electron chi connectivity index (χ0n) is 10.7. The van der Waals surface area contributed by atoms with E-state index in [1.165, 1.54) is 34.3 Å². The molecular formula is C13H23BrN2S. The molecule has 0 fully saturated rings. The van der Waals surface area contributed by atoms with Crippen LogP contribution < -0.4 is 11.3 Å². The molecule has 1 rings (SSSR count). The van der Waals surface area contributed by atoms with E-state index in [-0.39, 0.29) is 0 Å². The molecule has 0 aliphatic rings. The molecule has 2 nitrogen and oxygen atoms in total. The first-order valence-corrected chi connectivity index (χ1v) is 8.02. The third-order valence-electron chi connectivity index (χ3n) is 3.29. The van der Waals surface area contributed by atoms with Crippen molar-refractivity contribution in [2.24, 2.45) is 11.8 Å². The number of nitrogens with one attached hydrogen (secondary N) is 1. The summed E-state index contributed by atoms with van der Waals surface area (Å²) in [5.41, 5.74) is 3.01. The fourth-order valence-corrected chi connectivity index (χ4v) is 3.74. The van der Waals surface area contributed by atoms with Crippen molar-refractivity contribution in [1.29, 1.82) is 0 Å². The van der Waals surface area contributed by atoms with Crippen molar-refractivity contribution in [3.05, 3.63) is 20.8 Å². The minimum atomic E-state index is 0.400. The molecule has 0 saturated carbocycles. The van der Waals surface area contributed by atoms with Crippen molar-refractivity contribution in [2.75, 3.05) is 0 Å². The molecule has 0 spiro atoms. The Kier molecular flexibility index (Phi) is 7.35. The van der Waals surface area contributed by atoms with Crippen molar-refractivity contribution in [3.8, 4) is 0 Å². The fourth-order valence-electron chi connectivity index (χ4n) is 2.20. The largest absolute Gasteiger partial charge is 0.271 e. The highest BCUT2D eigenvalue weighted by molar-refractivity contribution is 9.11. The molecule has 2 atom stereocenters. The lowest BCUT2D eigenvalue weighted by Gasteiger charge is -2.25. The molecule has 2 unspecified atom stereocenters. The van der Waals surface area contributed by atoms with E-state index in [4.69, 9.17) is 5.84 Å². The first-order valence-electron chi connectivity index (χ1n) is 6.41. The van der Waals surface area contributed by atoms with E-state index >= 15 is 0 Å². The maximum atomic E-state index is 5.72. The van der Waals surface area contributed by atoms with Gasteiger partial charge < -0.3 is 0 Å². The zero-order chi connectivity index (χ0) is 12.7. The van der Waals surface area contributed by atoms with Crippen LogP contribution in [0.5, 0.6) is 0 Å². The molecule has 0 amide bonds. The molecule has 1 aromatic heterocycles. The molecule has 1 aromatic rings. The number of rotatable bonds is 8. The molecule has 0 aliphatic carbocycles. The third kappa shape index (κ3) is 5.08. The highest BCUT2D eigenvalue weighted by Crippen LogP contribution is 2.26. The Hall–Kier alpha value is 0.1000. The average Bonchev–Trinajstić information content (AvgIpc) is 2.74. The number of hydrogen-bond acceptors (Lipinski definition) is 3. The van der Waals surface area contributed by atoms with Gasteiger partial charge in [0.1, 0.15) is 0 Å². The number of hydrogen-bond donors (Lipinski definition) is 2. The fraction of sp³-hybridized carbons (Fsp3) is 0.692. The van der Waals surface area contributed by atoms with Gasteiger partial charge in [0.05, 0.1) is 3.79 Å². The SMILES string of the molecule is CCCCC(CC)C(Cc1ccc(Br)s1)NN. The summed E-state index contributed by atoms with van der Waals surface area (Å²) in [6.07, 6.45) is 6.06. The minimum absolute atomic E-state index is 0.400. The molecule has 0 bridgehead atoms. The average molecular weight is 319 g/mol. The summed E-state index contributed by atoms with van der Waals surface area (Å²) in [6.45, 7) is 4.50. The summed E-state index contributed by atoms with van der Waals surface area (Å²) in [5, 5.41) is 0. The van der Waals surface area contributed by atoms with Gasteiger partial charge in [-0.3, -0.25) is 11.3 Å². The third-order valence-corrected chi connectivity index (χ3v) is 4.93. The molecule has 1 heterocycles. The van der Waals surface area contributed by atoms with Crippen LogP contribution in [0.25, 0.3) is 0 Å². The van der Waals surface area contributed by atoms with Crippen LogP contribution >= 0.6 is 27.3 Å². The Bertz CT molecular complexity index is 314. The first-order chi connectivity index (χ1) is 8.21. The van der Waals surface area contributed by atoms with Crippen LogP contribution in [-0.2, 0) is 6.42 Å². The van der Waals surface area contributed by atoms with Gasteiger partial charge in [-0.25, -0.2) is 0 Å². The van der Waals surface area contributed by atoms with E-state index in [0.29, 0.717) is 12.0 Å². The maximum Gasteiger partial charge on any atom is 0.0701 e. The van der Waals surface area contributed by atoms with Crippen molar-refractivity contribution < 1.29 is 0 Å². The smallest absolute Gasteiger partial charge is 0.0701 e. The van der Waals surface area contributed by atoms with Crippen molar-refractivity contribution in [1.82, 2.24) is 5.43 Å². The molecule has 0 aromatic carbocycles. The lowest BCUT2D eigenvalue weighted by Crippen LogP contribution is -2.42. The van der Waals surface area contributed by atoms with Crippen LogP contribution in [0.3, 0.4) is 0 Å². The summed E-state index contributed by atoms with van der Waals surface area (Å²) >= 11 is 5.31. The molecule has 98 valence electrons. The van der Waals surface area contributed by atoms with E-state index in [0.717, 1.165) is 6.42 Å². The Balaban J connectivity index is 2.56. The number of unbranched alkanes of at least 4 members (excludes halogenated alkanes) is 1. The van der Waals surface area contributed by atoms with Gasteiger partial charge in [-0.15, -0.1) is 11.3 Å². The molecule has 0 radical (unpaired) electrons. The van der Waals surface area contributed by atoms with Crippen LogP contribution in [0.2, 0.25) is 0 Å². The normalized spacial score (nSPS) is 14.8. The number of halogens is 1. The van der Waals surface area contributed by atoms with Gasteiger partial charge in [0, 0.05) is 10.9 Å². The minimum Gasteiger partial charge on any atom is -0.271 e. The van der Waals surface area contributed by atoms with Gasteiger partial charge in [-0.2, -0.15) is 0 Å². The Morgan fingerprint density at radius 1 is 1.41 bits per heavy atom. The summed E-state index contributed by atoms with van der Waals surface area (Å²) in [6, 6.07) is 4.70. The summed E-state index contributed by atoms with van der Waals surface area (Å²) < 4.78 is 1.20. The molecule has 17 heavy (non-hydrogen) atoms. The van der Waals surface area contributed by atoms with E-state index in [1.54, 1.807) is 11.3 Å². The molecule has 3 N–H and O–H groups in total. The van der Waals surface area contributed by atoms with Crippen LogP contribution in [0.1, 0.15) is 44.4 Å². The number of nitrogens with two attached hydrogens (primary N) is 1. The van der Waals surface area contributed by atoms with E-state index in [9.17, 15) is 0 Å². The van der Waals surface area contributed by atoms with Crippen LogP contribution in [0.15, 0.2) is 15.9 Å². The topological polar surface area (TPSA) is 38.0 Å². The molecule has 0 aliphatic heterocycles. The zero-order valence-corrected chi connectivity index (χ0v) is 13.1. The predicted molar refractivity (Wildman–Crippen MR) is 80.1 cm³/mol. The van der Waals surface area contributed by atoms with E-state index < -0.39 is 0 Å². The van der Waals surface area contributed by atoms with Crippen molar-refractivity contribution >= 4 is 27.3 Å². The first kappa shape index (κ1) is 15.2.